The first-order chi connectivity index (χ1) is 14.4. The molecule has 31 heavy (non-hydrogen) atoms. The molecule has 9 heteroatoms. The summed E-state index contributed by atoms with van der Waals surface area (Å²) in [6.45, 7) is 33.5. The number of hydrogen-bond acceptors (Lipinski definition) is 4. The van der Waals surface area contributed by atoms with Crippen LogP contribution in [0.2, 0.25) is 49.4 Å². The molecule has 0 saturated heterocycles. The summed E-state index contributed by atoms with van der Waals surface area (Å²) in [6.07, 6.45) is 0. The quantitative estimate of drug-likeness (QED) is 0.176. The Bertz CT molecular complexity index is 535. The maximum Gasteiger partial charge on any atom is 0.320 e. The second-order valence-corrected chi connectivity index (χ2v) is 27.8. The van der Waals surface area contributed by atoms with Crippen molar-refractivity contribution in [3.8, 4) is 0 Å². The molecule has 0 rings (SSSR count). The van der Waals surface area contributed by atoms with E-state index in [0.29, 0.717) is 0 Å². The van der Waals surface area contributed by atoms with Crippen LogP contribution >= 0.6 is 0 Å². The maximum absolute atomic E-state index is 7.15. The zero-order valence-corrected chi connectivity index (χ0v) is 26.5. The van der Waals surface area contributed by atoms with E-state index in [2.05, 4.69) is 81.0 Å². The molecule has 0 heterocycles. The van der Waals surface area contributed by atoms with Gasteiger partial charge in [0.15, 0.2) is 0 Å². The van der Waals surface area contributed by atoms with Crippen LogP contribution in [0.3, 0.4) is 0 Å². The summed E-state index contributed by atoms with van der Waals surface area (Å²) in [4.78, 5) is 0. The molecule has 0 atom stereocenters. The fraction of sp³-hybridized carbons (Fsp3) is 0.636. The maximum atomic E-state index is 7.15. The average molecular weight is 517 g/mol. The Hall–Kier alpha value is -0.116. The molecule has 0 unspecified atom stereocenters. The Morgan fingerprint density at radius 1 is 0.452 bits per heavy atom. The van der Waals surface area contributed by atoms with Gasteiger partial charge in [0.1, 0.15) is 0 Å². The molecular weight excluding hydrogens is 469 g/mol. The highest BCUT2D eigenvalue weighted by molar-refractivity contribution is 6.95. The zero-order valence-electron chi connectivity index (χ0n) is 21.5. The van der Waals surface area contributed by atoms with E-state index in [4.69, 9.17) is 16.5 Å². The van der Waals surface area contributed by atoms with Crippen LogP contribution in [-0.2, 0) is 16.5 Å². The third-order valence-electron chi connectivity index (χ3n) is 6.41. The van der Waals surface area contributed by atoms with Crippen LogP contribution in [-0.4, -0.2) is 42.3 Å². The van der Waals surface area contributed by atoms with Gasteiger partial charge >= 0.3 is 25.7 Å². The molecular formula is C22H48O4Si5. The van der Waals surface area contributed by atoms with Crippen LogP contribution in [0, 0.1) is 0 Å². The molecule has 0 spiro atoms. The molecule has 0 aromatic carbocycles. The normalized spacial score (nSPS) is 13.7. The van der Waals surface area contributed by atoms with Crippen molar-refractivity contribution in [3.05, 3.63) is 49.1 Å². The van der Waals surface area contributed by atoms with Crippen LogP contribution < -0.4 is 0 Å². The van der Waals surface area contributed by atoms with E-state index >= 15 is 0 Å². The van der Waals surface area contributed by atoms with Crippen LogP contribution in [0.4, 0.5) is 0 Å². The first-order valence-corrected chi connectivity index (χ1v) is 23.6. The lowest BCUT2D eigenvalue weighted by Gasteiger charge is -2.47. The smallest absolute Gasteiger partial charge is 0.320 e. The molecule has 0 amide bonds. The lowest BCUT2D eigenvalue weighted by atomic mass is 10.9. The molecule has 180 valence electrons. The van der Waals surface area contributed by atoms with Crippen molar-refractivity contribution in [2.75, 3.05) is 0 Å². The van der Waals surface area contributed by atoms with E-state index in [-0.39, 0.29) is 0 Å². The molecule has 0 fully saturated rings. The van der Waals surface area contributed by atoms with Gasteiger partial charge < -0.3 is 16.5 Å². The summed E-state index contributed by atoms with van der Waals surface area (Å²) in [5.41, 5.74) is 7.79. The van der Waals surface area contributed by atoms with Crippen molar-refractivity contribution >= 4 is 42.3 Å². The Kier molecular flexibility index (Phi) is 12.9. The van der Waals surface area contributed by atoms with Crippen molar-refractivity contribution in [1.82, 2.24) is 0 Å². The fourth-order valence-electron chi connectivity index (χ4n) is 3.49. The molecule has 0 bridgehead atoms. The first-order valence-electron chi connectivity index (χ1n) is 11.8. The standard InChI is InChI=1S/C22H48O4Si5/c1-13-27(11,14-2)23-29(17-5,18-6)25-31(21-9,22-10)26-30(19-7,20-8)24-28(12,15-3)16-4/h13-16H,1-4,17-22H2,5-12H3. The lowest BCUT2D eigenvalue weighted by molar-refractivity contribution is 0.277. The summed E-state index contributed by atoms with van der Waals surface area (Å²) in [6, 6.07) is 5.27. The third kappa shape index (κ3) is 8.00. The second-order valence-electron chi connectivity index (χ2n) is 8.45. The van der Waals surface area contributed by atoms with Gasteiger partial charge in [-0.2, -0.15) is 0 Å². The largest absolute Gasteiger partial charge is 0.429 e. The van der Waals surface area contributed by atoms with E-state index in [1.54, 1.807) is 0 Å². The van der Waals surface area contributed by atoms with Crippen molar-refractivity contribution < 1.29 is 16.5 Å². The van der Waals surface area contributed by atoms with Crippen LogP contribution in [0.5, 0.6) is 0 Å². The minimum atomic E-state index is -2.57. The highest BCUT2D eigenvalue weighted by Crippen LogP contribution is 2.36. The van der Waals surface area contributed by atoms with E-state index < -0.39 is 42.3 Å². The summed E-state index contributed by atoms with van der Waals surface area (Å²) in [7, 11) is -12.0. The molecule has 0 aromatic rings. The van der Waals surface area contributed by atoms with Gasteiger partial charge in [-0.3, -0.25) is 0 Å². The number of hydrogen-bond donors (Lipinski definition) is 0. The van der Waals surface area contributed by atoms with Gasteiger partial charge in [0.2, 0.25) is 16.6 Å². The van der Waals surface area contributed by atoms with Gasteiger partial charge in [0.25, 0.3) is 0 Å². The van der Waals surface area contributed by atoms with Gasteiger partial charge in [-0.1, -0.05) is 64.3 Å². The monoisotopic (exact) mass is 516 g/mol. The molecule has 0 aliphatic carbocycles. The Balaban J connectivity index is 6.27. The minimum absolute atomic E-state index is 0.876. The van der Waals surface area contributed by atoms with Crippen molar-refractivity contribution in [2.45, 2.75) is 90.9 Å². The SMILES string of the molecule is C=C[Si](C)(C=C)O[Si](CC)(CC)O[Si](CC)(CC)O[Si](CC)(CC)O[Si](C)(C=C)C=C. The molecule has 0 N–H and O–H groups in total. The Morgan fingerprint density at radius 3 is 0.806 bits per heavy atom. The number of rotatable bonds is 18. The van der Waals surface area contributed by atoms with Gasteiger partial charge in [-0.25, -0.2) is 0 Å². The summed E-state index contributed by atoms with van der Waals surface area (Å²) in [5.74, 6) is 0. The topological polar surface area (TPSA) is 36.9 Å². The predicted molar refractivity (Wildman–Crippen MR) is 149 cm³/mol. The van der Waals surface area contributed by atoms with E-state index in [1.165, 1.54) is 0 Å². The highest BCUT2D eigenvalue weighted by Gasteiger charge is 2.53. The van der Waals surface area contributed by atoms with Crippen LogP contribution in [0.25, 0.3) is 0 Å². The van der Waals surface area contributed by atoms with Crippen molar-refractivity contribution in [3.63, 3.8) is 0 Å². The summed E-state index contributed by atoms with van der Waals surface area (Å²) >= 11 is 0. The van der Waals surface area contributed by atoms with E-state index in [1.807, 2.05) is 22.8 Å². The first kappa shape index (κ1) is 30.9. The summed E-state index contributed by atoms with van der Waals surface area (Å²) in [5, 5.41) is 0. The molecule has 4 nitrogen and oxygen atoms in total. The van der Waals surface area contributed by atoms with Crippen molar-refractivity contribution in [1.29, 1.82) is 0 Å². The van der Waals surface area contributed by atoms with Crippen LogP contribution in [0.15, 0.2) is 49.1 Å². The van der Waals surface area contributed by atoms with Gasteiger partial charge in [0.05, 0.1) is 0 Å². The van der Waals surface area contributed by atoms with Gasteiger partial charge in [-0.05, 0) is 49.4 Å². The molecule has 0 aromatic heterocycles. The summed E-state index contributed by atoms with van der Waals surface area (Å²) < 4.78 is 28.0. The second kappa shape index (κ2) is 12.9. The Labute approximate surface area is 198 Å². The Morgan fingerprint density at radius 2 is 0.645 bits per heavy atom. The van der Waals surface area contributed by atoms with Crippen molar-refractivity contribution in [2.24, 2.45) is 0 Å². The van der Waals surface area contributed by atoms with E-state index in [9.17, 15) is 0 Å². The molecule has 0 saturated carbocycles. The molecule has 0 aliphatic heterocycles. The minimum Gasteiger partial charge on any atom is -0.429 e. The average Bonchev–Trinajstić information content (AvgIpc) is 2.82. The highest BCUT2D eigenvalue weighted by atomic mass is 28.5. The third-order valence-corrected chi connectivity index (χ3v) is 28.6. The predicted octanol–water partition coefficient (Wildman–Crippen LogP) is 7.55. The van der Waals surface area contributed by atoms with Crippen LogP contribution in [0.1, 0.15) is 41.5 Å². The van der Waals surface area contributed by atoms with Gasteiger partial charge in [-0.15, -0.1) is 26.3 Å². The fourth-order valence-corrected chi connectivity index (χ4v) is 27.0. The van der Waals surface area contributed by atoms with E-state index in [0.717, 1.165) is 36.3 Å². The zero-order chi connectivity index (χ0) is 24.4. The molecule has 0 aliphatic rings. The van der Waals surface area contributed by atoms with Gasteiger partial charge in [0, 0.05) is 0 Å². The lowest BCUT2D eigenvalue weighted by Crippen LogP contribution is -2.63. The molecule has 0 radical (unpaired) electrons.